The summed E-state index contributed by atoms with van der Waals surface area (Å²) in [5.41, 5.74) is 2.38. The normalized spacial score (nSPS) is 10.8. The molecule has 0 aliphatic rings. The third-order valence-electron chi connectivity index (χ3n) is 3.42. The Balaban J connectivity index is 2.02. The SMILES string of the molecule is Cc1ccnc(NC(=O)c2c(Cl)c3ccccc3n2C)c1. The van der Waals surface area contributed by atoms with E-state index in [0.29, 0.717) is 16.5 Å². The van der Waals surface area contributed by atoms with Crippen LogP contribution in [0, 0.1) is 6.92 Å². The molecule has 3 rings (SSSR count). The van der Waals surface area contributed by atoms with Gasteiger partial charge in [-0.2, -0.15) is 0 Å². The van der Waals surface area contributed by atoms with Crippen LogP contribution in [0.25, 0.3) is 10.9 Å². The molecule has 2 heterocycles. The molecule has 106 valence electrons. The second-order valence-corrected chi connectivity index (χ2v) is 5.29. The van der Waals surface area contributed by atoms with Crippen molar-refractivity contribution < 1.29 is 4.79 Å². The highest BCUT2D eigenvalue weighted by molar-refractivity contribution is 6.39. The molecule has 5 heteroatoms. The third kappa shape index (κ3) is 2.38. The summed E-state index contributed by atoms with van der Waals surface area (Å²) < 4.78 is 1.79. The number of hydrogen-bond acceptors (Lipinski definition) is 2. The highest BCUT2D eigenvalue weighted by Gasteiger charge is 2.19. The Hall–Kier alpha value is -2.33. The van der Waals surface area contributed by atoms with Gasteiger partial charge in [0.15, 0.2) is 0 Å². The number of benzene rings is 1. The number of carbonyl (C=O) groups is 1. The molecule has 0 atom stereocenters. The predicted octanol–water partition coefficient (Wildman–Crippen LogP) is 3.79. The average Bonchev–Trinajstić information content (AvgIpc) is 2.71. The van der Waals surface area contributed by atoms with E-state index in [9.17, 15) is 4.79 Å². The number of amides is 1. The molecule has 0 fully saturated rings. The molecule has 2 aromatic heterocycles. The highest BCUT2D eigenvalue weighted by Crippen LogP contribution is 2.30. The van der Waals surface area contributed by atoms with Gasteiger partial charge in [0, 0.05) is 24.1 Å². The summed E-state index contributed by atoms with van der Waals surface area (Å²) in [5, 5.41) is 4.11. The Labute approximate surface area is 127 Å². The largest absolute Gasteiger partial charge is 0.338 e. The lowest BCUT2D eigenvalue weighted by Gasteiger charge is -2.07. The van der Waals surface area contributed by atoms with Gasteiger partial charge in [0.05, 0.1) is 5.02 Å². The van der Waals surface area contributed by atoms with Crippen molar-refractivity contribution in [2.24, 2.45) is 7.05 Å². The minimum atomic E-state index is -0.267. The van der Waals surface area contributed by atoms with Crippen LogP contribution in [0.2, 0.25) is 5.02 Å². The van der Waals surface area contributed by atoms with Crippen LogP contribution < -0.4 is 5.32 Å². The Kier molecular flexibility index (Phi) is 3.39. The number of halogens is 1. The number of fused-ring (bicyclic) bond motifs is 1. The summed E-state index contributed by atoms with van der Waals surface area (Å²) in [6.45, 7) is 1.95. The number of carbonyl (C=O) groups excluding carboxylic acids is 1. The van der Waals surface area contributed by atoms with Crippen molar-refractivity contribution in [1.82, 2.24) is 9.55 Å². The second-order valence-electron chi connectivity index (χ2n) is 4.91. The van der Waals surface area contributed by atoms with Crippen molar-refractivity contribution >= 4 is 34.2 Å². The van der Waals surface area contributed by atoms with Gasteiger partial charge in [-0.3, -0.25) is 4.79 Å². The monoisotopic (exact) mass is 299 g/mol. The van der Waals surface area contributed by atoms with Crippen molar-refractivity contribution in [3.05, 3.63) is 58.9 Å². The van der Waals surface area contributed by atoms with E-state index in [0.717, 1.165) is 16.5 Å². The Bertz CT molecular complexity index is 800. The number of nitrogens with one attached hydrogen (secondary N) is 1. The fourth-order valence-corrected chi connectivity index (χ4v) is 2.75. The molecule has 4 nitrogen and oxygen atoms in total. The van der Waals surface area contributed by atoms with Crippen LogP contribution in [-0.4, -0.2) is 15.5 Å². The molecule has 0 unspecified atom stereocenters. The van der Waals surface area contributed by atoms with E-state index < -0.39 is 0 Å². The number of anilines is 1. The van der Waals surface area contributed by atoms with E-state index in [2.05, 4.69) is 10.3 Å². The van der Waals surface area contributed by atoms with Gasteiger partial charge in [-0.1, -0.05) is 29.8 Å². The maximum Gasteiger partial charge on any atom is 0.275 e. The molecule has 1 aromatic carbocycles. The van der Waals surface area contributed by atoms with Crippen LogP contribution in [0.4, 0.5) is 5.82 Å². The van der Waals surface area contributed by atoms with Gasteiger partial charge in [-0.15, -0.1) is 0 Å². The van der Waals surface area contributed by atoms with Gasteiger partial charge in [0.25, 0.3) is 5.91 Å². The van der Waals surface area contributed by atoms with Crippen LogP contribution in [0.1, 0.15) is 16.1 Å². The number of hydrogen-bond donors (Lipinski definition) is 1. The average molecular weight is 300 g/mol. The molecule has 0 aliphatic heterocycles. The third-order valence-corrected chi connectivity index (χ3v) is 3.80. The lowest BCUT2D eigenvalue weighted by atomic mass is 10.2. The molecular formula is C16H14ClN3O. The topological polar surface area (TPSA) is 46.9 Å². The molecule has 1 N–H and O–H groups in total. The van der Waals surface area contributed by atoms with E-state index >= 15 is 0 Å². The summed E-state index contributed by atoms with van der Waals surface area (Å²) in [5.74, 6) is 0.248. The molecule has 0 saturated carbocycles. The Morgan fingerprint density at radius 3 is 2.76 bits per heavy atom. The fraction of sp³-hybridized carbons (Fsp3) is 0.125. The second kappa shape index (κ2) is 5.22. The summed E-state index contributed by atoms with van der Waals surface area (Å²) >= 11 is 6.35. The first-order chi connectivity index (χ1) is 10.1. The predicted molar refractivity (Wildman–Crippen MR) is 84.9 cm³/mol. The first-order valence-corrected chi connectivity index (χ1v) is 6.92. The summed E-state index contributed by atoms with van der Waals surface area (Å²) in [6, 6.07) is 11.3. The zero-order valence-electron chi connectivity index (χ0n) is 11.7. The van der Waals surface area contributed by atoms with Gasteiger partial charge >= 0.3 is 0 Å². The van der Waals surface area contributed by atoms with E-state index in [4.69, 9.17) is 11.6 Å². The molecule has 1 amide bonds. The van der Waals surface area contributed by atoms with Crippen LogP contribution in [0.5, 0.6) is 0 Å². The van der Waals surface area contributed by atoms with Gasteiger partial charge in [-0.25, -0.2) is 4.98 Å². The van der Waals surface area contributed by atoms with Crippen molar-refractivity contribution in [2.75, 3.05) is 5.32 Å². The van der Waals surface area contributed by atoms with Gasteiger partial charge in [-0.05, 0) is 30.7 Å². The van der Waals surface area contributed by atoms with E-state index in [1.807, 2.05) is 50.4 Å². The molecule has 3 aromatic rings. The van der Waals surface area contributed by atoms with E-state index in [1.54, 1.807) is 10.8 Å². The zero-order valence-corrected chi connectivity index (χ0v) is 12.5. The summed E-state index contributed by atoms with van der Waals surface area (Å²) in [7, 11) is 1.83. The number of para-hydroxylation sites is 1. The smallest absolute Gasteiger partial charge is 0.275 e. The molecule has 0 spiro atoms. The van der Waals surface area contributed by atoms with Gasteiger partial charge in [0.1, 0.15) is 11.5 Å². The number of nitrogens with zero attached hydrogens (tertiary/aromatic N) is 2. The number of rotatable bonds is 2. The zero-order chi connectivity index (χ0) is 15.0. The van der Waals surface area contributed by atoms with Crippen molar-refractivity contribution in [2.45, 2.75) is 6.92 Å². The van der Waals surface area contributed by atoms with Crippen LogP contribution in [0.15, 0.2) is 42.6 Å². The molecule has 0 saturated heterocycles. The molecular weight excluding hydrogens is 286 g/mol. The standard InChI is InChI=1S/C16H14ClN3O/c1-10-7-8-18-13(9-10)19-16(21)15-14(17)11-5-3-4-6-12(11)20(15)2/h3-9H,1-2H3,(H,18,19,21). The van der Waals surface area contributed by atoms with Crippen LogP contribution in [-0.2, 0) is 7.05 Å². The van der Waals surface area contributed by atoms with Crippen molar-refractivity contribution in [1.29, 1.82) is 0 Å². The van der Waals surface area contributed by atoms with Crippen LogP contribution >= 0.6 is 11.6 Å². The quantitative estimate of drug-likeness (QED) is 0.782. The maximum absolute atomic E-state index is 12.5. The molecule has 0 bridgehead atoms. The first-order valence-electron chi connectivity index (χ1n) is 6.55. The number of pyridine rings is 1. The lowest BCUT2D eigenvalue weighted by molar-refractivity contribution is 0.101. The summed E-state index contributed by atoms with van der Waals surface area (Å²) in [4.78, 5) is 16.6. The first kappa shape index (κ1) is 13.6. The lowest BCUT2D eigenvalue weighted by Crippen LogP contribution is -2.16. The Morgan fingerprint density at radius 2 is 2.05 bits per heavy atom. The van der Waals surface area contributed by atoms with E-state index in [1.165, 1.54) is 0 Å². The van der Waals surface area contributed by atoms with Crippen molar-refractivity contribution in [3.8, 4) is 0 Å². The van der Waals surface area contributed by atoms with Crippen molar-refractivity contribution in [3.63, 3.8) is 0 Å². The number of aromatic nitrogens is 2. The maximum atomic E-state index is 12.5. The van der Waals surface area contributed by atoms with Gasteiger partial charge in [0.2, 0.25) is 0 Å². The summed E-state index contributed by atoms with van der Waals surface area (Å²) in [6.07, 6.45) is 1.66. The molecule has 0 aliphatic carbocycles. The van der Waals surface area contributed by atoms with Crippen LogP contribution in [0.3, 0.4) is 0 Å². The Morgan fingerprint density at radius 1 is 1.29 bits per heavy atom. The molecule has 21 heavy (non-hydrogen) atoms. The van der Waals surface area contributed by atoms with E-state index in [-0.39, 0.29) is 5.91 Å². The minimum absolute atomic E-state index is 0.267. The number of aryl methyl sites for hydroxylation is 2. The van der Waals surface area contributed by atoms with Gasteiger partial charge < -0.3 is 9.88 Å². The minimum Gasteiger partial charge on any atom is -0.338 e. The fourth-order valence-electron chi connectivity index (χ4n) is 2.38. The highest BCUT2D eigenvalue weighted by atomic mass is 35.5. The molecule has 0 radical (unpaired) electrons.